The molecule has 2 aromatic carbocycles. The summed E-state index contributed by atoms with van der Waals surface area (Å²) in [5.41, 5.74) is 8.73. The minimum Gasteiger partial charge on any atom is -0.326 e. The largest absolute Gasteiger partial charge is 0.326 e. The van der Waals surface area contributed by atoms with E-state index in [0.29, 0.717) is 17.5 Å². The first-order chi connectivity index (χ1) is 9.52. The predicted molar refractivity (Wildman–Crippen MR) is 71.2 cm³/mol. The summed E-state index contributed by atoms with van der Waals surface area (Å²) in [6.07, 6.45) is 0.299. The lowest BCUT2D eigenvalue weighted by atomic mass is 9.97. The molecule has 0 saturated heterocycles. The van der Waals surface area contributed by atoms with Crippen LogP contribution in [-0.2, 0) is 11.2 Å². The highest BCUT2D eigenvalue weighted by molar-refractivity contribution is 5.99. The summed E-state index contributed by atoms with van der Waals surface area (Å²) in [5, 5.41) is 2.72. The van der Waals surface area contributed by atoms with Gasteiger partial charge < -0.3 is 11.1 Å². The summed E-state index contributed by atoms with van der Waals surface area (Å²) in [4.78, 5) is 11.3. The Kier molecular flexibility index (Phi) is 2.99. The van der Waals surface area contributed by atoms with Crippen LogP contribution in [0.15, 0.2) is 36.4 Å². The first-order valence-corrected chi connectivity index (χ1v) is 6.17. The summed E-state index contributed by atoms with van der Waals surface area (Å²) in [6, 6.07) is 7.89. The molecule has 1 aliphatic rings. The van der Waals surface area contributed by atoms with Crippen LogP contribution in [0.4, 0.5) is 14.5 Å². The molecular weight excluding hydrogens is 262 g/mol. The van der Waals surface area contributed by atoms with Gasteiger partial charge in [0.15, 0.2) is 0 Å². The van der Waals surface area contributed by atoms with Gasteiger partial charge in [-0.25, -0.2) is 8.78 Å². The van der Waals surface area contributed by atoms with Crippen LogP contribution in [0.1, 0.15) is 22.7 Å². The Morgan fingerprint density at radius 2 is 1.75 bits per heavy atom. The fourth-order valence-electron chi connectivity index (χ4n) is 2.39. The van der Waals surface area contributed by atoms with Gasteiger partial charge in [-0.2, -0.15) is 0 Å². The molecule has 1 unspecified atom stereocenters. The maximum Gasteiger partial charge on any atom is 0.228 e. The summed E-state index contributed by atoms with van der Waals surface area (Å²) < 4.78 is 26.4. The number of fused-ring (bicyclic) bond motifs is 1. The van der Waals surface area contributed by atoms with Crippen LogP contribution in [0.25, 0.3) is 0 Å². The molecule has 0 saturated carbocycles. The number of nitrogens with one attached hydrogen (secondary N) is 1. The van der Waals surface area contributed by atoms with Crippen LogP contribution in [0.2, 0.25) is 0 Å². The Morgan fingerprint density at radius 3 is 2.45 bits per heavy atom. The molecule has 2 aromatic rings. The second-order valence-corrected chi connectivity index (χ2v) is 4.82. The molecule has 3 rings (SSSR count). The van der Waals surface area contributed by atoms with Crippen molar-refractivity contribution >= 4 is 11.6 Å². The number of nitrogens with two attached hydrogens (primary N) is 1. The van der Waals surface area contributed by atoms with E-state index in [1.807, 2.05) is 0 Å². The van der Waals surface area contributed by atoms with Crippen LogP contribution in [0.3, 0.4) is 0 Å². The molecule has 0 aliphatic carbocycles. The van der Waals surface area contributed by atoms with Crippen molar-refractivity contribution in [2.24, 2.45) is 5.73 Å². The predicted octanol–water partition coefficient (Wildman–Crippen LogP) is 2.51. The normalized spacial score (nSPS) is 14.8. The summed E-state index contributed by atoms with van der Waals surface area (Å²) in [7, 11) is 0. The molecule has 102 valence electrons. The van der Waals surface area contributed by atoms with E-state index in [0.717, 1.165) is 17.3 Å². The Balaban J connectivity index is 1.97. The quantitative estimate of drug-likeness (QED) is 0.884. The number of carbonyl (C=O) groups excluding carboxylic acids is 1. The zero-order valence-corrected chi connectivity index (χ0v) is 10.5. The lowest BCUT2D eigenvalue weighted by molar-refractivity contribution is -0.115. The van der Waals surface area contributed by atoms with E-state index in [2.05, 4.69) is 5.32 Å². The van der Waals surface area contributed by atoms with E-state index >= 15 is 0 Å². The third-order valence-corrected chi connectivity index (χ3v) is 3.36. The Hall–Kier alpha value is -2.27. The number of benzene rings is 2. The maximum atomic E-state index is 13.2. The zero-order valence-electron chi connectivity index (χ0n) is 10.5. The van der Waals surface area contributed by atoms with Crippen LogP contribution in [0.5, 0.6) is 0 Å². The van der Waals surface area contributed by atoms with Crippen molar-refractivity contribution in [3.63, 3.8) is 0 Å². The van der Waals surface area contributed by atoms with Gasteiger partial charge in [-0.15, -0.1) is 0 Å². The molecule has 3 N–H and O–H groups in total. The van der Waals surface area contributed by atoms with E-state index in [1.165, 1.54) is 12.1 Å². The van der Waals surface area contributed by atoms with Crippen molar-refractivity contribution in [2.75, 3.05) is 5.32 Å². The van der Waals surface area contributed by atoms with Crippen molar-refractivity contribution in [1.82, 2.24) is 0 Å². The van der Waals surface area contributed by atoms with Gasteiger partial charge in [-0.1, -0.05) is 12.1 Å². The van der Waals surface area contributed by atoms with Crippen molar-refractivity contribution in [3.05, 3.63) is 64.7 Å². The van der Waals surface area contributed by atoms with Crippen molar-refractivity contribution in [3.8, 4) is 0 Å². The molecular formula is C15H12F2N2O. The van der Waals surface area contributed by atoms with Crippen LogP contribution >= 0.6 is 0 Å². The summed E-state index contributed by atoms with van der Waals surface area (Å²) in [5.74, 6) is -1.38. The Morgan fingerprint density at radius 1 is 1.05 bits per heavy atom. The molecule has 3 nitrogen and oxygen atoms in total. The molecule has 1 aliphatic heterocycles. The van der Waals surface area contributed by atoms with E-state index < -0.39 is 17.7 Å². The summed E-state index contributed by atoms with van der Waals surface area (Å²) in [6.45, 7) is 0. The molecule has 20 heavy (non-hydrogen) atoms. The van der Waals surface area contributed by atoms with Gasteiger partial charge >= 0.3 is 0 Å². The number of hydrogen-bond donors (Lipinski definition) is 2. The monoisotopic (exact) mass is 274 g/mol. The Bertz CT molecular complexity index is 680. The van der Waals surface area contributed by atoms with Crippen LogP contribution < -0.4 is 11.1 Å². The highest BCUT2D eigenvalue weighted by atomic mass is 19.1. The fourth-order valence-corrected chi connectivity index (χ4v) is 2.39. The highest BCUT2D eigenvalue weighted by Crippen LogP contribution is 2.28. The maximum absolute atomic E-state index is 13.2. The fraction of sp³-hybridized carbons (Fsp3) is 0.133. The third kappa shape index (κ3) is 2.28. The number of amides is 1. The smallest absolute Gasteiger partial charge is 0.228 e. The van der Waals surface area contributed by atoms with E-state index in [9.17, 15) is 13.6 Å². The SMILES string of the molecule is NC(c1cc(F)cc(F)c1)c1ccc2c(c1)CC(=O)N2. The van der Waals surface area contributed by atoms with Gasteiger partial charge in [0.1, 0.15) is 11.6 Å². The van der Waals surface area contributed by atoms with Crippen molar-refractivity contribution < 1.29 is 13.6 Å². The van der Waals surface area contributed by atoms with Gasteiger partial charge in [0.25, 0.3) is 0 Å². The van der Waals surface area contributed by atoms with E-state index in [-0.39, 0.29) is 5.91 Å². The second-order valence-electron chi connectivity index (χ2n) is 4.82. The average Bonchev–Trinajstić information content (AvgIpc) is 2.75. The highest BCUT2D eigenvalue weighted by Gasteiger charge is 2.19. The number of carbonyl (C=O) groups is 1. The molecule has 0 bridgehead atoms. The first kappa shape index (κ1) is 12.7. The van der Waals surface area contributed by atoms with E-state index in [4.69, 9.17) is 5.73 Å². The molecule has 1 atom stereocenters. The number of anilines is 1. The van der Waals surface area contributed by atoms with Crippen molar-refractivity contribution in [1.29, 1.82) is 0 Å². The van der Waals surface area contributed by atoms with Crippen LogP contribution in [0, 0.1) is 11.6 Å². The lowest BCUT2D eigenvalue weighted by Crippen LogP contribution is -2.12. The van der Waals surface area contributed by atoms with Gasteiger partial charge in [-0.05, 0) is 34.9 Å². The second kappa shape index (κ2) is 4.68. The number of rotatable bonds is 2. The van der Waals surface area contributed by atoms with Gasteiger partial charge in [-0.3, -0.25) is 4.79 Å². The van der Waals surface area contributed by atoms with Gasteiger partial charge in [0.2, 0.25) is 5.91 Å². The Labute approximate surface area is 114 Å². The standard InChI is InChI=1S/C15H12F2N2O/c16-11-4-10(5-12(17)7-11)15(18)8-1-2-13-9(3-8)6-14(20)19-13/h1-5,7,15H,6,18H2,(H,19,20). The van der Waals surface area contributed by atoms with Gasteiger partial charge in [0.05, 0.1) is 12.5 Å². The number of hydrogen-bond acceptors (Lipinski definition) is 2. The molecule has 0 fully saturated rings. The number of halogens is 2. The van der Waals surface area contributed by atoms with Crippen LogP contribution in [-0.4, -0.2) is 5.91 Å². The molecule has 1 heterocycles. The van der Waals surface area contributed by atoms with Gasteiger partial charge in [0, 0.05) is 11.8 Å². The molecule has 0 radical (unpaired) electrons. The minimum absolute atomic E-state index is 0.0671. The zero-order chi connectivity index (χ0) is 14.3. The third-order valence-electron chi connectivity index (χ3n) is 3.36. The lowest BCUT2D eigenvalue weighted by Gasteiger charge is -2.14. The topological polar surface area (TPSA) is 55.1 Å². The molecule has 1 amide bonds. The molecule has 0 aromatic heterocycles. The average molecular weight is 274 g/mol. The van der Waals surface area contributed by atoms with E-state index in [1.54, 1.807) is 18.2 Å². The minimum atomic E-state index is -0.659. The first-order valence-electron chi connectivity index (χ1n) is 6.17. The molecule has 0 spiro atoms. The summed E-state index contributed by atoms with van der Waals surface area (Å²) >= 11 is 0. The molecule has 5 heteroatoms. The van der Waals surface area contributed by atoms with Crippen molar-refractivity contribution in [2.45, 2.75) is 12.5 Å².